The van der Waals surface area contributed by atoms with Crippen LogP contribution in [0.3, 0.4) is 0 Å². The van der Waals surface area contributed by atoms with Gasteiger partial charge in [0, 0.05) is 32.4 Å². The van der Waals surface area contributed by atoms with E-state index >= 15 is 0 Å². The average molecular weight is 562 g/mol. The summed E-state index contributed by atoms with van der Waals surface area (Å²) in [6, 6.07) is 19.1. The molecule has 8 heteroatoms. The van der Waals surface area contributed by atoms with Crippen LogP contribution in [-0.4, -0.2) is 40.4 Å². The van der Waals surface area contributed by atoms with Crippen LogP contribution in [0.5, 0.6) is 0 Å². The highest BCUT2D eigenvalue weighted by Crippen LogP contribution is 2.15. The van der Waals surface area contributed by atoms with Crippen molar-refractivity contribution in [3.05, 3.63) is 77.4 Å². The summed E-state index contributed by atoms with van der Waals surface area (Å²) in [7, 11) is 1.97. The summed E-state index contributed by atoms with van der Waals surface area (Å²) in [5.41, 5.74) is 3.73. The van der Waals surface area contributed by atoms with Crippen LogP contribution in [0.2, 0.25) is 0 Å². The number of anilines is 1. The van der Waals surface area contributed by atoms with Crippen molar-refractivity contribution in [3.63, 3.8) is 0 Å². The second kappa shape index (κ2) is 13.2. The van der Waals surface area contributed by atoms with E-state index < -0.39 is 0 Å². The molecule has 1 aromatic heterocycles. The van der Waals surface area contributed by atoms with Crippen LogP contribution in [0.15, 0.2) is 59.6 Å². The first-order chi connectivity index (χ1) is 15.5. The third kappa shape index (κ3) is 7.73. The van der Waals surface area contributed by atoms with E-state index in [0.717, 1.165) is 37.2 Å². The fraction of sp³-hybridized carbons (Fsp3) is 0.400. The highest BCUT2D eigenvalue weighted by molar-refractivity contribution is 14.0. The topological polar surface area (TPSA) is 70.4 Å². The Hall–Kier alpha value is -2.62. The molecule has 1 atom stereocenters. The number of halogens is 1. The van der Waals surface area contributed by atoms with Gasteiger partial charge < -0.3 is 20.1 Å². The number of hydrogen-bond donors (Lipinski definition) is 2. The van der Waals surface area contributed by atoms with Crippen molar-refractivity contribution in [2.75, 3.05) is 24.5 Å². The minimum Gasteiger partial charge on any atom is -0.370 e. The van der Waals surface area contributed by atoms with E-state index in [9.17, 15) is 0 Å². The van der Waals surface area contributed by atoms with Crippen LogP contribution in [-0.2, 0) is 13.6 Å². The molecule has 0 amide bonds. The summed E-state index contributed by atoms with van der Waals surface area (Å²) in [6.45, 7) is 11.5. The van der Waals surface area contributed by atoms with Gasteiger partial charge in [0.05, 0.1) is 6.04 Å². The SMILES string of the molecule is CCN(CCNC(=NCc1nnc(C)n1C)NC(C)c1ccccc1)c1cccc(C)c1.I. The molecule has 1 unspecified atom stereocenters. The van der Waals surface area contributed by atoms with Crippen LogP contribution < -0.4 is 15.5 Å². The molecular weight excluding hydrogens is 525 g/mol. The fourth-order valence-electron chi connectivity index (χ4n) is 3.52. The maximum Gasteiger partial charge on any atom is 0.192 e. The lowest BCUT2D eigenvalue weighted by molar-refractivity contribution is 0.670. The van der Waals surface area contributed by atoms with Crippen molar-refractivity contribution in [2.45, 2.75) is 40.3 Å². The molecule has 178 valence electrons. The molecular formula is C25H36IN7. The molecule has 33 heavy (non-hydrogen) atoms. The van der Waals surface area contributed by atoms with Gasteiger partial charge in [0.1, 0.15) is 12.4 Å². The average Bonchev–Trinajstić information content (AvgIpc) is 3.12. The van der Waals surface area contributed by atoms with E-state index in [-0.39, 0.29) is 30.0 Å². The Labute approximate surface area is 214 Å². The Bertz CT molecular complexity index is 1020. The molecule has 1 heterocycles. The lowest BCUT2D eigenvalue weighted by atomic mass is 10.1. The number of guanidine groups is 1. The molecule has 0 saturated carbocycles. The zero-order chi connectivity index (χ0) is 22.9. The Morgan fingerprint density at radius 2 is 1.85 bits per heavy atom. The largest absolute Gasteiger partial charge is 0.370 e. The van der Waals surface area contributed by atoms with Crippen LogP contribution >= 0.6 is 24.0 Å². The molecule has 0 fully saturated rings. The number of nitrogens with zero attached hydrogens (tertiary/aromatic N) is 5. The number of aryl methyl sites for hydroxylation is 2. The van der Waals surface area contributed by atoms with Crippen molar-refractivity contribution in [1.29, 1.82) is 0 Å². The van der Waals surface area contributed by atoms with Crippen LogP contribution in [0, 0.1) is 13.8 Å². The monoisotopic (exact) mass is 561 g/mol. The second-order valence-electron chi connectivity index (χ2n) is 8.01. The lowest BCUT2D eigenvalue weighted by Gasteiger charge is -2.25. The van der Waals surface area contributed by atoms with Gasteiger partial charge in [-0.3, -0.25) is 0 Å². The molecule has 0 spiro atoms. The summed E-state index contributed by atoms with van der Waals surface area (Å²) >= 11 is 0. The highest BCUT2D eigenvalue weighted by Gasteiger charge is 2.10. The summed E-state index contributed by atoms with van der Waals surface area (Å²) in [5.74, 6) is 2.49. The van der Waals surface area contributed by atoms with E-state index in [1.54, 1.807) is 0 Å². The molecule has 0 aliphatic carbocycles. The lowest BCUT2D eigenvalue weighted by Crippen LogP contribution is -2.42. The summed E-state index contributed by atoms with van der Waals surface area (Å²) in [5, 5.41) is 15.4. The van der Waals surface area contributed by atoms with Crippen LogP contribution in [0.4, 0.5) is 5.69 Å². The van der Waals surface area contributed by atoms with E-state index in [0.29, 0.717) is 6.54 Å². The first-order valence-corrected chi connectivity index (χ1v) is 11.2. The highest BCUT2D eigenvalue weighted by atomic mass is 127. The van der Waals surface area contributed by atoms with Gasteiger partial charge >= 0.3 is 0 Å². The fourth-order valence-corrected chi connectivity index (χ4v) is 3.52. The van der Waals surface area contributed by atoms with Crippen molar-refractivity contribution in [3.8, 4) is 0 Å². The summed E-state index contributed by atoms with van der Waals surface area (Å²) in [6.07, 6.45) is 0. The predicted octanol–water partition coefficient (Wildman–Crippen LogP) is 4.37. The Morgan fingerprint density at radius 1 is 1.09 bits per heavy atom. The number of aliphatic imine (C=N–C) groups is 1. The quantitative estimate of drug-likeness (QED) is 0.231. The maximum atomic E-state index is 4.80. The summed E-state index contributed by atoms with van der Waals surface area (Å²) < 4.78 is 1.97. The Balaban J connectivity index is 0.00000385. The number of likely N-dealkylation sites (N-methyl/N-ethyl adjacent to an activating group) is 1. The number of hydrogen-bond acceptors (Lipinski definition) is 4. The van der Waals surface area contributed by atoms with Crippen molar-refractivity contribution < 1.29 is 0 Å². The standard InChI is InChI=1S/C25H35N7.HI/c1-6-32(23-14-10-11-19(2)17-23)16-15-26-25(27-18-24-30-29-21(4)31(24)5)28-20(3)22-12-8-7-9-13-22;/h7-14,17,20H,6,15-16,18H2,1-5H3,(H2,26,27,28);1H. The maximum absolute atomic E-state index is 4.80. The molecule has 2 aromatic carbocycles. The van der Waals surface area contributed by atoms with Gasteiger partial charge in [-0.25, -0.2) is 4.99 Å². The molecule has 0 radical (unpaired) electrons. The van der Waals surface area contributed by atoms with Crippen molar-refractivity contribution in [1.82, 2.24) is 25.4 Å². The predicted molar refractivity (Wildman–Crippen MR) is 147 cm³/mol. The van der Waals surface area contributed by atoms with E-state index in [1.165, 1.54) is 16.8 Å². The van der Waals surface area contributed by atoms with Crippen molar-refractivity contribution in [2.24, 2.45) is 12.0 Å². The van der Waals surface area contributed by atoms with Crippen molar-refractivity contribution >= 4 is 35.6 Å². The summed E-state index contributed by atoms with van der Waals surface area (Å²) in [4.78, 5) is 7.16. The zero-order valence-corrected chi connectivity index (χ0v) is 22.6. The molecule has 7 nitrogen and oxygen atoms in total. The van der Waals surface area contributed by atoms with E-state index in [4.69, 9.17) is 4.99 Å². The number of aromatic nitrogens is 3. The van der Waals surface area contributed by atoms with Gasteiger partial charge in [-0.05, 0) is 51.0 Å². The van der Waals surface area contributed by atoms with Crippen LogP contribution in [0.25, 0.3) is 0 Å². The van der Waals surface area contributed by atoms with Gasteiger partial charge in [0.25, 0.3) is 0 Å². The molecule has 0 bridgehead atoms. The third-order valence-electron chi connectivity index (χ3n) is 5.64. The van der Waals surface area contributed by atoms with Gasteiger partial charge in [-0.15, -0.1) is 34.2 Å². The van der Waals surface area contributed by atoms with E-state index in [1.807, 2.05) is 24.6 Å². The van der Waals surface area contributed by atoms with Gasteiger partial charge in [0.15, 0.2) is 11.8 Å². The first kappa shape index (κ1) is 26.6. The smallest absolute Gasteiger partial charge is 0.192 e. The molecule has 0 aliphatic heterocycles. The first-order valence-electron chi connectivity index (χ1n) is 11.2. The zero-order valence-electron chi connectivity index (χ0n) is 20.2. The van der Waals surface area contributed by atoms with Gasteiger partial charge in [-0.2, -0.15) is 0 Å². The number of rotatable bonds is 9. The van der Waals surface area contributed by atoms with E-state index in [2.05, 4.69) is 95.0 Å². The van der Waals surface area contributed by atoms with Gasteiger partial charge in [-0.1, -0.05) is 42.5 Å². The second-order valence-corrected chi connectivity index (χ2v) is 8.01. The minimum atomic E-state index is 0. The normalized spacial score (nSPS) is 12.1. The van der Waals surface area contributed by atoms with Gasteiger partial charge in [0.2, 0.25) is 0 Å². The Kier molecular flexibility index (Phi) is 10.6. The van der Waals surface area contributed by atoms with Crippen LogP contribution in [0.1, 0.15) is 42.7 Å². The Morgan fingerprint density at radius 3 is 2.48 bits per heavy atom. The number of benzene rings is 2. The molecule has 0 saturated heterocycles. The number of nitrogens with one attached hydrogen (secondary N) is 2. The minimum absolute atomic E-state index is 0. The third-order valence-corrected chi connectivity index (χ3v) is 5.64. The molecule has 3 rings (SSSR count). The molecule has 3 aromatic rings. The molecule has 0 aliphatic rings. The molecule has 2 N–H and O–H groups in total.